The molecule has 0 aliphatic carbocycles. The van der Waals surface area contributed by atoms with Crippen molar-refractivity contribution in [2.75, 3.05) is 0 Å². The second kappa shape index (κ2) is 3.16. The van der Waals surface area contributed by atoms with Crippen molar-refractivity contribution in [1.29, 1.82) is 5.26 Å². The zero-order chi connectivity index (χ0) is 10.1. The summed E-state index contributed by atoms with van der Waals surface area (Å²) in [6.45, 7) is 0. The van der Waals surface area contributed by atoms with E-state index < -0.39 is 0 Å². The van der Waals surface area contributed by atoms with Gasteiger partial charge in [-0.15, -0.1) is 11.6 Å². The Kier molecular flexibility index (Phi) is 1.98. The number of hydrogen-bond acceptors (Lipinski definition) is 4. The third-order valence-electron chi connectivity index (χ3n) is 1.76. The van der Waals surface area contributed by atoms with Gasteiger partial charge in [-0.3, -0.25) is 0 Å². The van der Waals surface area contributed by atoms with Crippen LogP contribution in [0.2, 0.25) is 0 Å². The number of hydrogen-bond donors (Lipinski definition) is 1. The summed E-state index contributed by atoms with van der Waals surface area (Å²) in [5.74, 6) is 0.104. The summed E-state index contributed by atoms with van der Waals surface area (Å²) >= 11 is 5.58. The first-order chi connectivity index (χ1) is 6.76. The van der Waals surface area contributed by atoms with E-state index in [0.717, 1.165) is 0 Å². The maximum atomic E-state index is 9.48. The minimum Gasteiger partial charge on any atom is -0.493 e. The van der Waals surface area contributed by atoms with Gasteiger partial charge in [0.1, 0.15) is 11.6 Å². The summed E-state index contributed by atoms with van der Waals surface area (Å²) in [5, 5.41) is 22.0. The van der Waals surface area contributed by atoms with Gasteiger partial charge in [0.25, 0.3) is 0 Å². The van der Waals surface area contributed by atoms with Gasteiger partial charge in [-0.05, 0) is 0 Å². The standard InChI is InChI=1S/C8H5ClN4O/c9-2-6-1-7(14)13-8(12-6)5(3-10)4-11-13/h1,4,14H,2H2. The molecule has 2 aromatic heterocycles. The van der Waals surface area contributed by atoms with Crippen molar-refractivity contribution in [1.82, 2.24) is 14.6 Å². The number of aromatic hydroxyl groups is 1. The van der Waals surface area contributed by atoms with E-state index in [1.807, 2.05) is 6.07 Å². The van der Waals surface area contributed by atoms with Crippen molar-refractivity contribution < 1.29 is 5.11 Å². The number of rotatable bonds is 1. The Morgan fingerprint density at radius 3 is 3.07 bits per heavy atom. The summed E-state index contributed by atoms with van der Waals surface area (Å²) in [7, 11) is 0. The molecule has 5 nitrogen and oxygen atoms in total. The highest BCUT2D eigenvalue weighted by molar-refractivity contribution is 6.16. The van der Waals surface area contributed by atoms with Crippen LogP contribution in [0.1, 0.15) is 11.3 Å². The highest BCUT2D eigenvalue weighted by Gasteiger charge is 2.09. The zero-order valence-electron chi connectivity index (χ0n) is 6.98. The predicted octanol–water partition coefficient (Wildman–Crippen LogP) is 1.05. The van der Waals surface area contributed by atoms with Crippen LogP contribution in [0.3, 0.4) is 0 Å². The Balaban J connectivity index is 2.82. The predicted molar refractivity (Wildman–Crippen MR) is 48.9 cm³/mol. The van der Waals surface area contributed by atoms with Crippen LogP contribution < -0.4 is 0 Å². The highest BCUT2D eigenvalue weighted by atomic mass is 35.5. The number of halogens is 1. The van der Waals surface area contributed by atoms with Crippen LogP contribution >= 0.6 is 11.6 Å². The highest BCUT2D eigenvalue weighted by Crippen LogP contribution is 2.16. The summed E-state index contributed by atoms with van der Waals surface area (Å²) in [6, 6.07) is 3.34. The van der Waals surface area contributed by atoms with Gasteiger partial charge in [-0.2, -0.15) is 14.9 Å². The maximum Gasteiger partial charge on any atom is 0.215 e. The molecular weight excluding hydrogens is 204 g/mol. The molecule has 0 bridgehead atoms. The molecule has 0 atom stereocenters. The normalized spacial score (nSPS) is 10.3. The summed E-state index contributed by atoms with van der Waals surface area (Å²) in [5.41, 5.74) is 1.14. The Hall–Kier alpha value is -1.80. The SMILES string of the molecule is N#Cc1cnn2c(O)cc(CCl)nc12. The first-order valence-electron chi connectivity index (χ1n) is 3.79. The van der Waals surface area contributed by atoms with E-state index in [0.29, 0.717) is 16.9 Å². The molecule has 70 valence electrons. The minimum atomic E-state index is -0.0767. The van der Waals surface area contributed by atoms with Gasteiger partial charge in [0.2, 0.25) is 5.88 Å². The molecule has 2 rings (SSSR count). The molecule has 0 aliphatic rings. The Bertz CT molecular complexity index is 528. The number of nitriles is 1. The molecule has 1 N–H and O–H groups in total. The summed E-state index contributed by atoms with van der Waals surface area (Å²) in [6.07, 6.45) is 1.35. The smallest absolute Gasteiger partial charge is 0.215 e. The van der Waals surface area contributed by atoms with Crippen LogP contribution in [0, 0.1) is 11.3 Å². The van der Waals surface area contributed by atoms with Crippen LogP contribution in [-0.4, -0.2) is 19.7 Å². The topological polar surface area (TPSA) is 74.2 Å². The molecular formula is C8H5ClN4O. The Morgan fingerprint density at radius 1 is 1.64 bits per heavy atom. The molecule has 6 heteroatoms. The van der Waals surface area contributed by atoms with E-state index in [1.165, 1.54) is 16.8 Å². The van der Waals surface area contributed by atoms with E-state index in [9.17, 15) is 5.11 Å². The molecule has 14 heavy (non-hydrogen) atoms. The lowest BCUT2D eigenvalue weighted by Crippen LogP contribution is -1.95. The van der Waals surface area contributed by atoms with E-state index in [1.54, 1.807) is 0 Å². The monoisotopic (exact) mass is 208 g/mol. The van der Waals surface area contributed by atoms with Crippen LogP contribution in [0.5, 0.6) is 5.88 Å². The van der Waals surface area contributed by atoms with Crippen LogP contribution in [0.25, 0.3) is 5.65 Å². The third kappa shape index (κ3) is 1.17. The Morgan fingerprint density at radius 2 is 2.43 bits per heavy atom. The largest absolute Gasteiger partial charge is 0.493 e. The molecule has 0 aromatic carbocycles. The summed E-state index contributed by atoms with van der Waals surface area (Å²) in [4.78, 5) is 4.07. The van der Waals surface area contributed by atoms with Crippen LogP contribution in [-0.2, 0) is 5.88 Å². The van der Waals surface area contributed by atoms with Crippen molar-refractivity contribution in [2.24, 2.45) is 0 Å². The molecule has 0 radical (unpaired) electrons. The lowest BCUT2D eigenvalue weighted by atomic mass is 10.3. The van der Waals surface area contributed by atoms with Gasteiger partial charge >= 0.3 is 0 Å². The molecule has 0 saturated heterocycles. The van der Waals surface area contributed by atoms with Gasteiger partial charge in [-0.1, -0.05) is 0 Å². The van der Waals surface area contributed by atoms with Crippen molar-refractivity contribution in [3.63, 3.8) is 0 Å². The Labute approximate surface area is 84.2 Å². The van der Waals surface area contributed by atoms with E-state index in [4.69, 9.17) is 16.9 Å². The lowest BCUT2D eigenvalue weighted by Gasteiger charge is -1.99. The maximum absolute atomic E-state index is 9.48. The summed E-state index contributed by atoms with van der Waals surface area (Å²) < 4.78 is 1.19. The lowest BCUT2D eigenvalue weighted by molar-refractivity contribution is 0.434. The average Bonchev–Trinajstić information content (AvgIpc) is 2.61. The molecule has 0 amide bonds. The third-order valence-corrected chi connectivity index (χ3v) is 2.04. The zero-order valence-corrected chi connectivity index (χ0v) is 7.73. The van der Waals surface area contributed by atoms with Crippen LogP contribution in [0.15, 0.2) is 12.3 Å². The molecule has 0 spiro atoms. The first-order valence-corrected chi connectivity index (χ1v) is 4.32. The van der Waals surface area contributed by atoms with Crippen molar-refractivity contribution in [3.05, 3.63) is 23.5 Å². The van der Waals surface area contributed by atoms with Crippen LogP contribution in [0.4, 0.5) is 0 Å². The van der Waals surface area contributed by atoms with Gasteiger partial charge in [0, 0.05) is 6.07 Å². The molecule has 0 unspecified atom stereocenters. The fraction of sp³-hybridized carbons (Fsp3) is 0.125. The first kappa shape index (κ1) is 8.78. The quantitative estimate of drug-likeness (QED) is 0.711. The van der Waals surface area contributed by atoms with Crippen molar-refractivity contribution in [3.8, 4) is 11.9 Å². The van der Waals surface area contributed by atoms with Crippen molar-refractivity contribution in [2.45, 2.75) is 5.88 Å². The molecule has 0 fully saturated rings. The van der Waals surface area contributed by atoms with E-state index in [2.05, 4.69) is 10.1 Å². The van der Waals surface area contributed by atoms with Gasteiger partial charge in [-0.25, -0.2) is 4.98 Å². The van der Waals surface area contributed by atoms with Crippen molar-refractivity contribution >= 4 is 17.2 Å². The number of aromatic nitrogens is 3. The number of fused-ring (bicyclic) bond motifs is 1. The molecule has 2 aromatic rings. The van der Waals surface area contributed by atoms with Gasteiger partial charge < -0.3 is 5.11 Å². The molecule has 2 heterocycles. The molecule has 0 aliphatic heterocycles. The fourth-order valence-electron chi connectivity index (χ4n) is 1.14. The second-order valence-corrected chi connectivity index (χ2v) is 2.91. The van der Waals surface area contributed by atoms with E-state index in [-0.39, 0.29) is 11.8 Å². The average molecular weight is 209 g/mol. The van der Waals surface area contributed by atoms with Gasteiger partial charge in [0.15, 0.2) is 5.65 Å². The fourth-order valence-corrected chi connectivity index (χ4v) is 1.28. The van der Waals surface area contributed by atoms with Gasteiger partial charge in [0.05, 0.1) is 17.8 Å². The minimum absolute atomic E-state index is 0.0767. The second-order valence-electron chi connectivity index (χ2n) is 2.64. The number of nitrogens with zero attached hydrogens (tertiary/aromatic N) is 4. The molecule has 0 saturated carbocycles. The number of alkyl halides is 1. The van der Waals surface area contributed by atoms with E-state index >= 15 is 0 Å².